The van der Waals surface area contributed by atoms with Crippen LogP contribution >= 0.6 is 23.1 Å². The number of carbonyl (C=O) groups is 2. The number of fused-ring (bicyclic) bond motifs is 1. The number of aryl methyl sites for hydroxylation is 2. The second kappa shape index (κ2) is 7.85. The molecule has 0 N–H and O–H groups in total. The second-order valence-electron chi connectivity index (χ2n) is 6.29. The van der Waals surface area contributed by atoms with E-state index in [1.54, 1.807) is 4.90 Å². The maximum Gasteiger partial charge on any atom is 0.239 e. The summed E-state index contributed by atoms with van der Waals surface area (Å²) in [7, 11) is 0. The molecule has 1 aliphatic heterocycles. The maximum absolute atomic E-state index is 12.7. The van der Waals surface area contributed by atoms with Gasteiger partial charge in [0.15, 0.2) is 10.2 Å². The molecule has 0 saturated carbocycles. The van der Waals surface area contributed by atoms with Crippen LogP contribution in [0.2, 0.25) is 0 Å². The van der Waals surface area contributed by atoms with E-state index in [1.807, 2.05) is 6.92 Å². The molecule has 0 radical (unpaired) electrons. The first-order valence-electron chi connectivity index (χ1n) is 8.38. The van der Waals surface area contributed by atoms with Crippen LogP contribution in [0.3, 0.4) is 0 Å². The van der Waals surface area contributed by atoms with Gasteiger partial charge >= 0.3 is 0 Å². The molecule has 1 saturated heterocycles. The third-order valence-corrected chi connectivity index (χ3v) is 6.28. The molecular weight excluding hydrogens is 356 g/mol. The van der Waals surface area contributed by atoms with Crippen LogP contribution in [0.4, 0.5) is 5.13 Å². The van der Waals surface area contributed by atoms with E-state index >= 15 is 0 Å². The van der Waals surface area contributed by atoms with Crippen LogP contribution in [-0.2, 0) is 14.3 Å². The molecule has 134 valence electrons. The molecule has 25 heavy (non-hydrogen) atoms. The van der Waals surface area contributed by atoms with Gasteiger partial charge in [0.25, 0.3) is 0 Å². The van der Waals surface area contributed by atoms with Crippen molar-refractivity contribution >= 4 is 49.5 Å². The number of carbonyl (C=O) groups excluding carboxylic acids is 2. The number of hydrogen-bond acceptors (Lipinski definition) is 6. The molecule has 1 fully saturated rings. The Bertz CT molecular complexity index is 758. The molecule has 2 aromatic rings. The van der Waals surface area contributed by atoms with Gasteiger partial charge in [-0.15, -0.1) is 0 Å². The van der Waals surface area contributed by atoms with Gasteiger partial charge in [-0.25, -0.2) is 4.98 Å². The Morgan fingerprint density at radius 1 is 1.36 bits per heavy atom. The quantitative estimate of drug-likeness (QED) is 0.794. The second-order valence-corrected chi connectivity index (χ2v) is 8.42. The van der Waals surface area contributed by atoms with Crippen molar-refractivity contribution in [1.29, 1.82) is 0 Å². The molecule has 1 atom stereocenters. The standard InChI is InChI=1S/C18H22N2O3S2/c1-11-6-7-12(2)17-16(11)19-18(25-17)20(9-14-5-4-8-23-14)15(22)10-24-13(3)21/h6-7,14H,4-5,8-10H2,1-3H3. The minimum absolute atomic E-state index is 0.0421. The van der Waals surface area contributed by atoms with E-state index in [0.29, 0.717) is 11.7 Å². The molecular formula is C18H22N2O3S2. The van der Waals surface area contributed by atoms with E-state index in [1.165, 1.54) is 18.3 Å². The highest BCUT2D eigenvalue weighted by molar-refractivity contribution is 8.14. The Morgan fingerprint density at radius 2 is 2.12 bits per heavy atom. The molecule has 0 aliphatic carbocycles. The molecule has 3 rings (SSSR count). The lowest BCUT2D eigenvalue weighted by atomic mass is 10.1. The van der Waals surface area contributed by atoms with Crippen molar-refractivity contribution in [1.82, 2.24) is 4.98 Å². The van der Waals surface area contributed by atoms with Crippen molar-refractivity contribution in [3.05, 3.63) is 23.3 Å². The Kier molecular flexibility index (Phi) is 5.76. The van der Waals surface area contributed by atoms with Crippen LogP contribution in [0.1, 0.15) is 30.9 Å². The zero-order chi connectivity index (χ0) is 18.0. The minimum atomic E-state index is -0.0925. The summed E-state index contributed by atoms with van der Waals surface area (Å²) in [6, 6.07) is 4.14. The Labute approximate surface area is 155 Å². The SMILES string of the molecule is CC(=O)SCC(=O)N(CC1CCCO1)c1nc2c(C)ccc(C)c2s1. The van der Waals surface area contributed by atoms with E-state index in [9.17, 15) is 9.59 Å². The molecule has 7 heteroatoms. The zero-order valence-corrected chi connectivity index (χ0v) is 16.3. The summed E-state index contributed by atoms with van der Waals surface area (Å²) in [6.45, 7) is 6.81. The van der Waals surface area contributed by atoms with E-state index in [-0.39, 0.29) is 22.9 Å². The summed E-state index contributed by atoms with van der Waals surface area (Å²) < 4.78 is 6.82. The number of ether oxygens (including phenoxy) is 1. The number of rotatable bonds is 5. The summed E-state index contributed by atoms with van der Waals surface area (Å²) in [5, 5.41) is 0.637. The molecule has 1 aliphatic rings. The number of benzene rings is 1. The zero-order valence-electron chi connectivity index (χ0n) is 14.7. The van der Waals surface area contributed by atoms with Crippen LogP contribution in [0, 0.1) is 13.8 Å². The summed E-state index contributed by atoms with van der Waals surface area (Å²) in [6.07, 6.45) is 2.01. The molecule has 0 spiro atoms. The van der Waals surface area contributed by atoms with Gasteiger partial charge in [-0.05, 0) is 37.8 Å². The van der Waals surface area contributed by atoms with E-state index in [0.717, 1.165) is 52.6 Å². The van der Waals surface area contributed by atoms with Gasteiger partial charge in [0.05, 0.1) is 28.6 Å². The van der Waals surface area contributed by atoms with Gasteiger partial charge in [0.1, 0.15) is 0 Å². The van der Waals surface area contributed by atoms with E-state index in [2.05, 4.69) is 19.1 Å². The van der Waals surface area contributed by atoms with Crippen LogP contribution in [0.25, 0.3) is 10.2 Å². The fraction of sp³-hybridized carbons (Fsp3) is 0.500. The van der Waals surface area contributed by atoms with Gasteiger partial charge in [-0.2, -0.15) is 0 Å². The summed E-state index contributed by atoms with van der Waals surface area (Å²) in [4.78, 5) is 30.4. The average Bonchev–Trinajstić information content (AvgIpc) is 3.23. The van der Waals surface area contributed by atoms with E-state index < -0.39 is 0 Å². The number of hydrogen-bond donors (Lipinski definition) is 0. The van der Waals surface area contributed by atoms with Crippen molar-refractivity contribution in [2.75, 3.05) is 23.8 Å². The molecule has 1 aromatic carbocycles. The van der Waals surface area contributed by atoms with Crippen LogP contribution in [0.5, 0.6) is 0 Å². The molecule has 5 nitrogen and oxygen atoms in total. The van der Waals surface area contributed by atoms with Crippen molar-refractivity contribution < 1.29 is 14.3 Å². The smallest absolute Gasteiger partial charge is 0.239 e. The molecule has 2 heterocycles. The van der Waals surface area contributed by atoms with Gasteiger partial charge in [-0.1, -0.05) is 35.2 Å². The fourth-order valence-corrected chi connectivity index (χ4v) is 4.50. The molecule has 1 aromatic heterocycles. The lowest BCUT2D eigenvalue weighted by molar-refractivity contribution is -0.117. The number of thioether (sulfide) groups is 1. The fourth-order valence-electron chi connectivity index (χ4n) is 2.88. The Hall–Kier alpha value is -1.44. The summed E-state index contributed by atoms with van der Waals surface area (Å²) in [5.74, 6) is 0.0423. The normalized spacial score (nSPS) is 17.2. The predicted octanol–water partition coefficient (Wildman–Crippen LogP) is 3.70. The first kappa shape index (κ1) is 18.4. The van der Waals surface area contributed by atoms with Crippen LogP contribution < -0.4 is 4.90 Å². The Balaban J connectivity index is 1.92. The van der Waals surface area contributed by atoms with Crippen molar-refractivity contribution in [2.24, 2.45) is 0 Å². The van der Waals surface area contributed by atoms with Gasteiger partial charge < -0.3 is 4.74 Å². The van der Waals surface area contributed by atoms with Crippen molar-refractivity contribution in [2.45, 2.75) is 39.7 Å². The third-order valence-electron chi connectivity index (χ3n) is 4.27. The highest BCUT2D eigenvalue weighted by Crippen LogP contribution is 2.34. The number of anilines is 1. The van der Waals surface area contributed by atoms with Crippen LogP contribution in [0.15, 0.2) is 12.1 Å². The molecule has 1 amide bonds. The van der Waals surface area contributed by atoms with Gasteiger partial charge in [0, 0.05) is 13.5 Å². The lowest BCUT2D eigenvalue weighted by Crippen LogP contribution is -2.38. The first-order chi connectivity index (χ1) is 12.0. The van der Waals surface area contributed by atoms with Crippen molar-refractivity contribution in [3.63, 3.8) is 0 Å². The lowest BCUT2D eigenvalue weighted by Gasteiger charge is -2.22. The minimum Gasteiger partial charge on any atom is -0.376 e. The summed E-state index contributed by atoms with van der Waals surface area (Å²) in [5.41, 5.74) is 3.21. The van der Waals surface area contributed by atoms with Crippen LogP contribution in [-0.4, -0.2) is 41.0 Å². The summed E-state index contributed by atoms with van der Waals surface area (Å²) >= 11 is 2.58. The van der Waals surface area contributed by atoms with Gasteiger partial charge in [0.2, 0.25) is 5.91 Å². The Morgan fingerprint density at radius 3 is 2.76 bits per heavy atom. The van der Waals surface area contributed by atoms with Crippen molar-refractivity contribution in [3.8, 4) is 0 Å². The highest BCUT2D eigenvalue weighted by atomic mass is 32.2. The predicted molar refractivity (Wildman–Crippen MR) is 104 cm³/mol. The van der Waals surface area contributed by atoms with E-state index in [4.69, 9.17) is 9.72 Å². The monoisotopic (exact) mass is 378 g/mol. The number of aromatic nitrogens is 1. The number of thiazole rings is 1. The maximum atomic E-state index is 12.7. The molecule has 0 bridgehead atoms. The number of nitrogens with zero attached hydrogens (tertiary/aromatic N) is 2. The molecule has 1 unspecified atom stereocenters. The largest absolute Gasteiger partial charge is 0.376 e. The topological polar surface area (TPSA) is 59.5 Å². The van der Waals surface area contributed by atoms with Gasteiger partial charge in [-0.3, -0.25) is 14.5 Å². The number of amides is 1. The average molecular weight is 379 g/mol. The highest BCUT2D eigenvalue weighted by Gasteiger charge is 2.26. The third kappa shape index (κ3) is 4.22. The first-order valence-corrected chi connectivity index (χ1v) is 10.2.